The molecule has 1 fully saturated rings. The second-order valence-electron chi connectivity index (χ2n) is 10.2. The Balaban J connectivity index is 1.53. The van der Waals surface area contributed by atoms with Crippen LogP contribution in [0.5, 0.6) is 0 Å². The predicted octanol–water partition coefficient (Wildman–Crippen LogP) is 4.27. The van der Waals surface area contributed by atoms with Crippen molar-refractivity contribution in [3.63, 3.8) is 0 Å². The minimum atomic E-state index is -3.73. The van der Waals surface area contributed by atoms with E-state index in [0.717, 1.165) is 5.56 Å². The minimum Gasteiger partial charge on any atom is -0.442 e. The molecule has 0 unspecified atom stereocenters. The molecule has 1 saturated heterocycles. The Kier molecular flexibility index (Phi) is 7.84. The van der Waals surface area contributed by atoms with Gasteiger partial charge < -0.3 is 10.1 Å². The van der Waals surface area contributed by atoms with E-state index in [1.807, 2.05) is 30.3 Å². The molecule has 4 rings (SSSR count). The molecule has 38 heavy (non-hydrogen) atoms. The lowest BCUT2D eigenvalue weighted by atomic mass is 10.0. The molecule has 200 valence electrons. The van der Waals surface area contributed by atoms with Gasteiger partial charge in [0, 0.05) is 16.8 Å². The maximum Gasteiger partial charge on any atom is 0.414 e. The molecule has 0 aliphatic carbocycles. The number of hydrogen-bond donors (Lipinski definition) is 2. The first-order chi connectivity index (χ1) is 17.9. The lowest BCUT2D eigenvalue weighted by molar-refractivity contribution is 0.0840. The van der Waals surface area contributed by atoms with Gasteiger partial charge >= 0.3 is 6.09 Å². The summed E-state index contributed by atoms with van der Waals surface area (Å²) in [5.41, 5.74) is 1.05. The molecule has 0 bridgehead atoms. The molecule has 3 aromatic rings. The number of cyclic esters (lactones) is 1. The van der Waals surface area contributed by atoms with E-state index in [1.54, 1.807) is 32.9 Å². The van der Waals surface area contributed by atoms with Crippen LogP contribution < -0.4 is 14.9 Å². The zero-order chi connectivity index (χ0) is 27.5. The summed E-state index contributed by atoms with van der Waals surface area (Å²) in [6, 6.07) is 20.1. The van der Waals surface area contributed by atoms with Crippen LogP contribution in [-0.2, 0) is 21.2 Å². The van der Waals surface area contributed by atoms with Crippen molar-refractivity contribution >= 4 is 27.7 Å². The Bertz CT molecular complexity index is 1390. The summed E-state index contributed by atoms with van der Waals surface area (Å²) in [5.74, 6) is -0.864. The number of benzene rings is 3. The number of carbonyl (C=O) groups excluding carboxylic acids is 2. The first-order valence-electron chi connectivity index (χ1n) is 12.1. The van der Waals surface area contributed by atoms with Crippen LogP contribution in [0.3, 0.4) is 0 Å². The highest BCUT2D eigenvalue weighted by molar-refractivity contribution is 7.89. The highest BCUT2D eigenvalue weighted by Crippen LogP contribution is 2.26. The summed E-state index contributed by atoms with van der Waals surface area (Å²) in [7, 11) is -3.73. The van der Waals surface area contributed by atoms with Gasteiger partial charge in [-0.1, -0.05) is 30.3 Å². The van der Waals surface area contributed by atoms with Crippen molar-refractivity contribution in [1.82, 2.24) is 10.0 Å². The van der Waals surface area contributed by atoms with Crippen LogP contribution in [-0.4, -0.2) is 44.6 Å². The van der Waals surface area contributed by atoms with Gasteiger partial charge in [-0.05, 0) is 81.3 Å². The molecule has 8 nitrogen and oxygen atoms in total. The number of rotatable bonds is 8. The first-order valence-corrected chi connectivity index (χ1v) is 13.6. The van der Waals surface area contributed by atoms with E-state index in [9.17, 15) is 22.4 Å². The van der Waals surface area contributed by atoms with Crippen molar-refractivity contribution in [1.29, 1.82) is 0 Å². The van der Waals surface area contributed by atoms with Gasteiger partial charge in [-0.25, -0.2) is 22.3 Å². The average Bonchev–Trinajstić information content (AvgIpc) is 3.25. The molecule has 0 saturated carbocycles. The summed E-state index contributed by atoms with van der Waals surface area (Å²) >= 11 is 0. The van der Waals surface area contributed by atoms with Gasteiger partial charge in [-0.15, -0.1) is 0 Å². The topological polar surface area (TPSA) is 105 Å². The molecule has 3 aromatic carbocycles. The third-order valence-corrected chi connectivity index (χ3v) is 7.68. The molecule has 2 N–H and O–H groups in total. The molecule has 1 aliphatic rings. The fraction of sp³-hybridized carbons (Fsp3) is 0.286. The standard InChI is InChI=1S/C28H30FN3O5S/c1-28(2,3)31-38(35,36)23-15-13-22(14-16-23)32-18-25(37-27(32)34)24(17-19-7-5-4-6-8-19)30-26(33)20-9-11-21(29)12-10-20/h4-16,24-25,31H,17-18H2,1-3H3,(H,30,33)/t24-,25+/m0/s1. The summed E-state index contributed by atoms with van der Waals surface area (Å²) in [6.07, 6.45) is -0.888. The largest absolute Gasteiger partial charge is 0.442 e. The second-order valence-corrected chi connectivity index (χ2v) is 11.8. The third kappa shape index (κ3) is 6.76. The van der Waals surface area contributed by atoms with Crippen LogP contribution in [0.1, 0.15) is 36.7 Å². The van der Waals surface area contributed by atoms with Crippen molar-refractivity contribution in [2.24, 2.45) is 0 Å². The molecule has 0 radical (unpaired) electrons. The van der Waals surface area contributed by atoms with E-state index in [4.69, 9.17) is 4.74 Å². The number of anilines is 1. The van der Waals surface area contributed by atoms with Crippen LogP contribution >= 0.6 is 0 Å². The minimum absolute atomic E-state index is 0.0776. The molecule has 1 heterocycles. The Morgan fingerprint density at radius 3 is 2.26 bits per heavy atom. The number of nitrogens with one attached hydrogen (secondary N) is 2. The SMILES string of the molecule is CC(C)(C)NS(=O)(=O)c1ccc(N2C[C@H]([C@H](Cc3ccccc3)NC(=O)c3ccc(F)cc3)OC2=O)cc1. The predicted molar refractivity (Wildman–Crippen MR) is 142 cm³/mol. The smallest absolute Gasteiger partial charge is 0.414 e. The summed E-state index contributed by atoms with van der Waals surface area (Å²) in [5, 5.41) is 2.93. The number of carbonyl (C=O) groups is 2. The number of halogens is 1. The van der Waals surface area contributed by atoms with Crippen LogP contribution in [0, 0.1) is 5.82 Å². The average molecular weight is 540 g/mol. The summed E-state index contributed by atoms with van der Waals surface area (Å²) in [6.45, 7) is 5.40. The van der Waals surface area contributed by atoms with Gasteiger partial charge in [-0.3, -0.25) is 9.69 Å². The van der Waals surface area contributed by atoms with Gasteiger partial charge in [0.25, 0.3) is 5.91 Å². The maximum absolute atomic E-state index is 13.3. The molecular weight excluding hydrogens is 509 g/mol. The molecule has 0 aromatic heterocycles. The first kappa shape index (κ1) is 27.3. The van der Waals surface area contributed by atoms with Gasteiger partial charge in [0.2, 0.25) is 10.0 Å². The second kappa shape index (κ2) is 10.9. The quantitative estimate of drug-likeness (QED) is 0.445. The maximum atomic E-state index is 13.3. The van der Waals surface area contributed by atoms with Crippen molar-refractivity contribution < 1.29 is 27.1 Å². The highest BCUT2D eigenvalue weighted by Gasteiger charge is 2.38. The van der Waals surface area contributed by atoms with Gasteiger partial charge in [-0.2, -0.15) is 0 Å². The Morgan fingerprint density at radius 1 is 1.03 bits per heavy atom. The molecule has 2 atom stereocenters. The molecule has 1 aliphatic heterocycles. The Hall–Kier alpha value is -3.76. The summed E-state index contributed by atoms with van der Waals surface area (Å²) < 4.78 is 46.8. The number of amides is 2. The number of ether oxygens (including phenoxy) is 1. The van der Waals surface area contributed by atoms with E-state index < -0.39 is 45.5 Å². The molecule has 0 spiro atoms. The number of nitrogens with zero attached hydrogens (tertiary/aromatic N) is 1. The lowest BCUT2D eigenvalue weighted by Crippen LogP contribution is -2.46. The van der Waals surface area contributed by atoms with Crippen LogP contribution in [0.4, 0.5) is 14.9 Å². The zero-order valence-electron chi connectivity index (χ0n) is 21.3. The van der Waals surface area contributed by atoms with E-state index in [-0.39, 0.29) is 17.0 Å². The van der Waals surface area contributed by atoms with E-state index in [1.165, 1.54) is 41.3 Å². The molecule has 10 heteroatoms. The highest BCUT2D eigenvalue weighted by atomic mass is 32.2. The van der Waals surface area contributed by atoms with E-state index >= 15 is 0 Å². The van der Waals surface area contributed by atoms with Gasteiger partial charge in [0.1, 0.15) is 11.9 Å². The van der Waals surface area contributed by atoms with Crippen molar-refractivity contribution in [2.45, 2.75) is 49.8 Å². The van der Waals surface area contributed by atoms with Gasteiger partial charge in [0.15, 0.2) is 0 Å². The number of sulfonamides is 1. The van der Waals surface area contributed by atoms with Crippen molar-refractivity contribution in [3.8, 4) is 0 Å². The zero-order valence-corrected chi connectivity index (χ0v) is 22.2. The third-order valence-electron chi connectivity index (χ3n) is 5.90. The van der Waals surface area contributed by atoms with Crippen LogP contribution in [0.15, 0.2) is 83.8 Å². The monoisotopic (exact) mass is 539 g/mol. The van der Waals surface area contributed by atoms with E-state index in [2.05, 4.69) is 10.0 Å². The van der Waals surface area contributed by atoms with Crippen molar-refractivity contribution in [3.05, 3.63) is 95.8 Å². The fourth-order valence-electron chi connectivity index (χ4n) is 4.17. The van der Waals surface area contributed by atoms with Crippen LogP contribution in [0.25, 0.3) is 0 Å². The lowest BCUT2D eigenvalue weighted by Gasteiger charge is -2.24. The normalized spacial score (nSPS) is 16.7. The van der Waals surface area contributed by atoms with Gasteiger partial charge in [0.05, 0.1) is 17.5 Å². The Morgan fingerprint density at radius 2 is 1.66 bits per heavy atom. The molecule has 2 amide bonds. The van der Waals surface area contributed by atoms with E-state index in [0.29, 0.717) is 12.1 Å². The Labute approximate surface area is 221 Å². The number of hydrogen-bond acceptors (Lipinski definition) is 5. The summed E-state index contributed by atoms with van der Waals surface area (Å²) in [4.78, 5) is 27.2. The van der Waals surface area contributed by atoms with Crippen molar-refractivity contribution in [2.75, 3.05) is 11.4 Å². The molecular formula is C28H30FN3O5S. The fourth-order valence-corrected chi connectivity index (χ4v) is 5.59. The van der Waals surface area contributed by atoms with Crippen LogP contribution in [0.2, 0.25) is 0 Å².